The Hall–Kier alpha value is -4.26. The van der Waals surface area contributed by atoms with Gasteiger partial charge in [-0.05, 0) is 54.6 Å². The summed E-state index contributed by atoms with van der Waals surface area (Å²) in [7, 11) is 3.18. The molecule has 0 atom stereocenters. The van der Waals surface area contributed by atoms with Gasteiger partial charge in [0, 0.05) is 10.9 Å². The number of hydrogen-bond donors (Lipinski definition) is 1. The van der Waals surface area contributed by atoms with Gasteiger partial charge in [0.2, 0.25) is 0 Å². The first-order chi connectivity index (χ1) is 16.1. The smallest absolute Gasteiger partial charge is 0.338 e. The van der Waals surface area contributed by atoms with Gasteiger partial charge in [0.05, 0.1) is 31.0 Å². The highest BCUT2D eigenvalue weighted by Gasteiger charge is 2.21. The molecule has 4 rings (SSSR count). The zero-order valence-electron chi connectivity index (χ0n) is 18.3. The molecule has 0 unspecified atom stereocenters. The van der Waals surface area contributed by atoms with Crippen LogP contribution in [-0.4, -0.2) is 30.3 Å². The average molecular weight is 445 g/mol. The number of pyridine rings is 1. The van der Waals surface area contributed by atoms with Gasteiger partial charge in [-0.25, -0.2) is 9.78 Å². The number of nitrogens with zero attached hydrogens (tertiary/aromatic N) is 1. The monoisotopic (exact) mass is 445 g/mol. The van der Waals surface area contributed by atoms with E-state index in [0.29, 0.717) is 39.8 Å². The summed E-state index contributed by atoms with van der Waals surface area (Å²) in [6.07, 6.45) is 0. The maximum Gasteiger partial charge on any atom is 0.338 e. The van der Waals surface area contributed by atoms with Gasteiger partial charge in [0.15, 0.2) is 0 Å². The summed E-state index contributed by atoms with van der Waals surface area (Å²) >= 11 is 0. The van der Waals surface area contributed by atoms with Crippen LogP contribution in [0.5, 0.6) is 23.0 Å². The van der Waals surface area contributed by atoms with Crippen molar-refractivity contribution in [2.24, 2.45) is 0 Å². The minimum absolute atomic E-state index is 0.00562. The van der Waals surface area contributed by atoms with Gasteiger partial charge in [-0.15, -0.1) is 0 Å². The van der Waals surface area contributed by atoms with Crippen LogP contribution in [0.2, 0.25) is 0 Å². The molecule has 33 heavy (non-hydrogen) atoms. The number of carbonyl (C=O) groups is 1. The lowest BCUT2D eigenvalue weighted by Gasteiger charge is -2.16. The number of carboxylic acids is 1. The number of carboxylic acid groups (broad SMARTS) is 1. The van der Waals surface area contributed by atoms with Crippen LogP contribution in [0.25, 0.3) is 10.9 Å². The second-order valence-corrected chi connectivity index (χ2v) is 7.16. The molecule has 0 aliphatic carbocycles. The summed E-state index contributed by atoms with van der Waals surface area (Å²) in [5, 5.41) is 10.8. The number of aromatic carboxylic acids is 1. The third kappa shape index (κ3) is 4.98. The second kappa shape index (κ2) is 9.91. The third-order valence-electron chi connectivity index (χ3n) is 5.17. The van der Waals surface area contributed by atoms with E-state index < -0.39 is 5.97 Å². The Labute approximate surface area is 191 Å². The van der Waals surface area contributed by atoms with Crippen LogP contribution in [0.3, 0.4) is 0 Å². The van der Waals surface area contributed by atoms with Crippen LogP contribution in [0.15, 0.2) is 72.8 Å². The highest BCUT2D eigenvalue weighted by molar-refractivity contribution is 5.97. The molecule has 1 aromatic heterocycles. The summed E-state index contributed by atoms with van der Waals surface area (Å²) in [5.74, 6) is 1.51. The third-order valence-corrected chi connectivity index (χ3v) is 5.17. The molecule has 7 nitrogen and oxygen atoms in total. The maximum absolute atomic E-state index is 12.3. The second-order valence-electron chi connectivity index (χ2n) is 7.16. The first-order valence-corrected chi connectivity index (χ1v) is 10.3. The minimum atomic E-state index is -1.09. The van der Waals surface area contributed by atoms with Gasteiger partial charge >= 0.3 is 5.97 Å². The van der Waals surface area contributed by atoms with E-state index in [2.05, 4.69) is 4.98 Å². The Kier molecular flexibility index (Phi) is 6.59. The molecule has 0 aliphatic rings. The van der Waals surface area contributed by atoms with Gasteiger partial charge in [-0.3, -0.25) is 0 Å². The zero-order chi connectivity index (χ0) is 23.2. The number of para-hydroxylation sites is 1. The first kappa shape index (κ1) is 22.0. The van der Waals surface area contributed by atoms with Crippen molar-refractivity contribution >= 4 is 16.9 Å². The molecule has 0 spiro atoms. The fraction of sp³-hybridized carbons (Fsp3) is 0.154. The number of rotatable bonds is 9. The SMILES string of the molecule is COc1ccc(OCc2nc3ccccc3c(COc3ccc(OC)cc3)c2C(=O)O)cc1. The van der Waals surface area contributed by atoms with E-state index in [1.54, 1.807) is 62.8 Å². The number of methoxy groups -OCH3 is 2. The van der Waals surface area contributed by atoms with Crippen molar-refractivity contribution in [1.29, 1.82) is 0 Å². The number of benzene rings is 3. The van der Waals surface area contributed by atoms with Crippen molar-refractivity contribution in [2.45, 2.75) is 13.2 Å². The van der Waals surface area contributed by atoms with Gasteiger partial charge < -0.3 is 24.1 Å². The normalized spacial score (nSPS) is 10.6. The first-order valence-electron chi connectivity index (χ1n) is 10.3. The number of aromatic nitrogens is 1. The van der Waals surface area contributed by atoms with E-state index in [1.165, 1.54) is 0 Å². The summed E-state index contributed by atoms with van der Waals surface area (Å²) in [6, 6.07) is 21.6. The fourth-order valence-corrected chi connectivity index (χ4v) is 3.49. The van der Waals surface area contributed by atoms with Crippen LogP contribution >= 0.6 is 0 Å². The Bertz CT molecular complexity index is 1250. The van der Waals surface area contributed by atoms with Crippen molar-refractivity contribution in [3.8, 4) is 23.0 Å². The molecule has 1 N–H and O–H groups in total. The fourth-order valence-electron chi connectivity index (χ4n) is 3.49. The Morgan fingerprint density at radius 3 is 1.82 bits per heavy atom. The molecular weight excluding hydrogens is 422 g/mol. The number of fused-ring (bicyclic) bond motifs is 1. The van der Waals surface area contributed by atoms with E-state index in [0.717, 1.165) is 5.39 Å². The summed E-state index contributed by atoms with van der Waals surface area (Å²) in [6.45, 7) is 0.0564. The molecule has 4 aromatic rings. The van der Waals surface area contributed by atoms with Gasteiger partial charge in [0.25, 0.3) is 0 Å². The van der Waals surface area contributed by atoms with Crippen molar-refractivity contribution in [3.05, 3.63) is 89.6 Å². The topological polar surface area (TPSA) is 87.1 Å². The number of ether oxygens (including phenoxy) is 4. The molecule has 0 amide bonds. The highest BCUT2D eigenvalue weighted by atomic mass is 16.5. The highest BCUT2D eigenvalue weighted by Crippen LogP contribution is 2.27. The molecule has 3 aromatic carbocycles. The predicted molar refractivity (Wildman–Crippen MR) is 123 cm³/mol. The van der Waals surface area contributed by atoms with Crippen LogP contribution < -0.4 is 18.9 Å². The van der Waals surface area contributed by atoms with Gasteiger partial charge in [-0.2, -0.15) is 0 Å². The summed E-state index contributed by atoms with van der Waals surface area (Å²) in [5.41, 5.74) is 1.61. The summed E-state index contributed by atoms with van der Waals surface area (Å²) < 4.78 is 22.1. The Balaban J connectivity index is 1.67. The lowest BCUT2D eigenvalue weighted by Crippen LogP contribution is -2.14. The van der Waals surface area contributed by atoms with E-state index >= 15 is 0 Å². The summed E-state index contributed by atoms with van der Waals surface area (Å²) in [4.78, 5) is 16.9. The number of hydrogen-bond acceptors (Lipinski definition) is 6. The lowest BCUT2D eigenvalue weighted by atomic mass is 10.0. The van der Waals surface area contributed by atoms with E-state index in [-0.39, 0.29) is 18.8 Å². The van der Waals surface area contributed by atoms with Crippen molar-refractivity contribution in [2.75, 3.05) is 14.2 Å². The van der Waals surface area contributed by atoms with Crippen LogP contribution in [0.4, 0.5) is 0 Å². The van der Waals surface area contributed by atoms with Crippen molar-refractivity contribution in [3.63, 3.8) is 0 Å². The molecular formula is C26H23NO6. The average Bonchev–Trinajstić information content (AvgIpc) is 2.86. The molecule has 0 saturated heterocycles. The lowest BCUT2D eigenvalue weighted by molar-refractivity contribution is 0.0690. The maximum atomic E-state index is 12.3. The Morgan fingerprint density at radius 2 is 1.27 bits per heavy atom. The zero-order valence-corrected chi connectivity index (χ0v) is 18.3. The molecule has 0 bridgehead atoms. The molecule has 0 fully saturated rings. The van der Waals surface area contributed by atoms with E-state index in [9.17, 15) is 9.90 Å². The molecule has 0 aliphatic heterocycles. The van der Waals surface area contributed by atoms with Crippen LogP contribution in [0.1, 0.15) is 21.6 Å². The minimum Gasteiger partial charge on any atom is -0.497 e. The molecule has 7 heteroatoms. The molecule has 0 saturated carbocycles. The van der Waals surface area contributed by atoms with Gasteiger partial charge in [-0.1, -0.05) is 18.2 Å². The van der Waals surface area contributed by atoms with Gasteiger partial charge in [0.1, 0.15) is 36.2 Å². The standard InChI is InChI=1S/C26H23NO6/c1-30-17-7-11-19(12-8-17)32-15-22-21-5-3-4-6-23(21)27-24(25(22)26(28)29)16-33-20-13-9-18(31-2)10-14-20/h3-14H,15-16H2,1-2H3,(H,28,29). The molecule has 0 radical (unpaired) electrons. The van der Waals surface area contributed by atoms with Crippen LogP contribution in [-0.2, 0) is 13.2 Å². The van der Waals surface area contributed by atoms with E-state index in [1.807, 2.05) is 24.3 Å². The van der Waals surface area contributed by atoms with Crippen LogP contribution in [0, 0.1) is 0 Å². The predicted octanol–water partition coefficient (Wildman–Crippen LogP) is 5.11. The van der Waals surface area contributed by atoms with E-state index in [4.69, 9.17) is 18.9 Å². The quantitative estimate of drug-likeness (QED) is 0.383. The largest absolute Gasteiger partial charge is 0.497 e. The van der Waals surface area contributed by atoms with Crippen molar-refractivity contribution in [1.82, 2.24) is 4.98 Å². The molecule has 1 heterocycles. The Morgan fingerprint density at radius 1 is 0.758 bits per heavy atom. The molecule has 168 valence electrons. The van der Waals surface area contributed by atoms with Crippen molar-refractivity contribution < 1.29 is 28.8 Å².